The number of rotatable bonds is 6. The van der Waals surface area contributed by atoms with Crippen molar-refractivity contribution in [2.75, 3.05) is 11.9 Å². The van der Waals surface area contributed by atoms with Gasteiger partial charge < -0.3 is 15.4 Å². The molecule has 2 aromatic rings. The number of benzene rings is 2. The molecule has 2 rings (SSSR count). The largest absolute Gasteiger partial charge is 0.481 e. The lowest BCUT2D eigenvalue weighted by atomic mass is 10.2. The molecule has 2 amide bonds. The highest BCUT2D eigenvalue weighted by Crippen LogP contribution is 2.15. The van der Waals surface area contributed by atoms with Gasteiger partial charge in [-0.15, -0.1) is 0 Å². The maximum absolute atomic E-state index is 12.2. The SMILES string of the molecule is CCNC(=O)c1ccc(NC(=O)C(C)Oc2ccc(C)cc2)cc1. The highest BCUT2D eigenvalue weighted by Gasteiger charge is 2.15. The average molecular weight is 326 g/mol. The number of aryl methyl sites for hydroxylation is 1. The number of amides is 2. The summed E-state index contributed by atoms with van der Waals surface area (Å²) in [5, 5.41) is 5.50. The summed E-state index contributed by atoms with van der Waals surface area (Å²) >= 11 is 0. The third-order valence-corrected chi connectivity index (χ3v) is 3.46. The standard InChI is InChI=1S/C19H22N2O3/c1-4-20-19(23)15-7-9-16(10-8-15)21-18(22)14(3)24-17-11-5-13(2)6-12-17/h5-12,14H,4H2,1-3H3,(H,20,23)(H,21,22). The first kappa shape index (κ1) is 17.5. The summed E-state index contributed by atoms with van der Waals surface area (Å²) in [7, 11) is 0. The molecule has 126 valence electrons. The highest BCUT2D eigenvalue weighted by molar-refractivity contribution is 5.96. The number of hydrogen-bond donors (Lipinski definition) is 2. The van der Waals surface area contributed by atoms with Crippen LogP contribution >= 0.6 is 0 Å². The van der Waals surface area contributed by atoms with Crippen molar-refractivity contribution in [3.63, 3.8) is 0 Å². The smallest absolute Gasteiger partial charge is 0.265 e. The molecule has 0 saturated heterocycles. The van der Waals surface area contributed by atoms with Gasteiger partial charge in [-0.1, -0.05) is 17.7 Å². The van der Waals surface area contributed by atoms with E-state index in [1.807, 2.05) is 38.1 Å². The van der Waals surface area contributed by atoms with E-state index in [-0.39, 0.29) is 11.8 Å². The molecule has 5 heteroatoms. The predicted molar refractivity (Wildman–Crippen MR) is 94.3 cm³/mol. The number of nitrogens with one attached hydrogen (secondary N) is 2. The fourth-order valence-corrected chi connectivity index (χ4v) is 2.09. The third-order valence-electron chi connectivity index (χ3n) is 3.46. The van der Waals surface area contributed by atoms with E-state index in [1.165, 1.54) is 0 Å². The van der Waals surface area contributed by atoms with Gasteiger partial charge in [0, 0.05) is 17.8 Å². The summed E-state index contributed by atoms with van der Waals surface area (Å²) < 4.78 is 5.62. The Labute approximate surface area is 142 Å². The number of hydrogen-bond acceptors (Lipinski definition) is 3. The fraction of sp³-hybridized carbons (Fsp3) is 0.263. The summed E-state index contributed by atoms with van der Waals surface area (Å²) in [6.07, 6.45) is -0.629. The lowest BCUT2D eigenvalue weighted by molar-refractivity contribution is -0.122. The van der Waals surface area contributed by atoms with Crippen LogP contribution in [0.15, 0.2) is 48.5 Å². The van der Waals surface area contributed by atoms with Gasteiger partial charge >= 0.3 is 0 Å². The second kappa shape index (κ2) is 8.15. The predicted octanol–water partition coefficient (Wildman–Crippen LogP) is 3.15. The minimum atomic E-state index is -0.629. The zero-order valence-electron chi connectivity index (χ0n) is 14.1. The highest BCUT2D eigenvalue weighted by atomic mass is 16.5. The molecule has 5 nitrogen and oxygen atoms in total. The van der Waals surface area contributed by atoms with Crippen LogP contribution in [0.25, 0.3) is 0 Å². The van der Waals surface area contributed by atoms with E-state index in [1.54, 1.807) is 31.2 Å². The first-order chi connectivity index (χ1) is 11.5. The van der Waals surface area contributed by atoms with E-state index >= 15 is 0 Å². The number of ether oxygens (including phenoxy) is 1. The fourth-order valence-electron chi connectivity index (χ4n) is 2.09. The molecule has 2 aromatic carbocycles. The summed E-state index contributed by atoms with van der Waals surface area (Å²) in [6.45, 7) is 6.12. The Kier molecular flexibility index (Phi) is 5.95. The van der Waals surface area contributed by atoms with Crippen molar-refractivity contribution in [2.45, 2.75) is 26.9 Å². The Morgan fingerprint density at radius 3 is 2.25 bits per heavy atom. The topological polar surface area (TPSA) is 67.4 Å². The Morgan fingerprint density at radius 2 is 1.67 bits per heavy atom. The number of anilines is 1. The molecule has 0 aliphatic heterocycles. The summed E-state index contributed by atoms with van der Waals surface area (Å²) in [6, 6.07) is 14.3. The Bertz CT molecular complexity index is 694. The Balaban J connectivity index is 1.93. The monoisotopic (exact) mass is 326 g/mol. The molecule has 0 fully saturated rings. The maximum atomic E-state index is 12.2. The Hall–Kier alpha value is -2.82. The zero-order chi connectivity index (χ0) is 17.5. The van der Waals surface area contributed by atoms with Crippen LogP contribution in [0.2, 0.25) is 0 Å². The van der Waals surface area contributed by atoms with Gasteiger partial charge in [0.2, 0.25) is 0 Å². The Morgan fingerprint density at radius 1 is 1.04 bits per heavy atom. The van der Waals surface area contributed by atoms with Crippen molar-refractivity contribution in [2.24, 2.45) is 0 Å². The second-order valence-corrected chi connectivity index (χ2v) is 5.50. The minimum Gasteiger partial charge on any atom is -0.481 e. The lowest BCUT2D eigenvalue weighted by Crippen LogP contribution is -2.30. The number of carbonyl (C=O) groups is 2. The van der Waals surface area contributed by atoms with Crippen molar-refractivity contribution in [1.29, 1.82) is 0 Å². The van der Waals surface area contributed by atoms with Crippen LogP contribution in [0, 0.1) is 6.92 Å². The second-order valence-electron chi connectivity index (χ2n) is 5.50. The van der Waals surface area contributed by atoms with Gasteiger partial charge in [-0.25, -0.2) is 0 Å². The van der Waals surface area contributed by atoms with E-state index < -0.39 is 6.10 Å². The van der Waals surface area contributed by atoms with E-state index in [2.05, 4.69) is 10.6 Å². The van der Waals surface area contributed by atoms with Crippen LogP contribution in [0.3, 0.4) is 0 Å². The van der Waals surface area contributed by atoms with E-state index in [4.69, 9.17) is 4.74 Å². The van der Waals surface area contributed by atoms with Crippen molar-refractivity contribution in [3.05, 3.63) is 59.7 Å². The molecular formula is C19H22N2O3. The maximum Gasteiger partial charge on any atom is 0.265 e. The normalized spacial score (nSPS) is 11.5. The van der Waals surface area contributed by atoms with Crippen LogP contribution in [0.4, 0.5) is 5.69 Å². The summed E-state index contributed by atoms with van der Waals surface area (Å²) in [5.74, 6) is 0.266. The van der Waals surface area contributed by atoms with Crippen molar-refractivity contribution in [1.82, 2.24) is 5.32 Å². The average Bonchev–Trinajstić information content (AvgIpc) is 2.57. The van der Waals surface area contributed by atoms with Gasteiger partial charge in [0.05, 0.1) is 0 Å². The van der Waals surface area contributed by atoms with Crippen molar-refractivity contribution < 1.29 is 14.3 Å². The third kappa shape index (κ3) is 4.84. The van der Waals surface area contributed by atoms with E-state index in [0.29, 0.717) is 23.5 Å². The van der Waals surface area contributed by atoms with Gasteiger partial charge in [0.25, 0.3) is 11.8 Å². The van der Waals surface area contributed by atoms with Crippen LogP contribution in [0.5, 0.6) is 5.75 Å². The molecule has 2 N–H and O–H groups in total. The molecule has 0 aliphatic rings. The van der Waals surface area contributed by atoms with E-state index in [9.17, 15) is 9.59 Å². The molecule has 0 aromatic heterocycles. The van der Waals surface area contributed by atoms with Gasteiger partial charge in [0.15, 0.2) is 6.10 Å². The van der Waals surface area contributed by atoms with Crippen LogP contribution < -0.4 is 15.4 Å². The summed E-state index contributed by atoms with van der Waals surface area (Å²) in [4.78, 5) is 23.9. The van der Waals surface area contributed by atoms with Gasteiger partial charge in [-0.05, 0) is 57.2 Å². The summed E-state index contributed by atoms with van der Waals surface area (Å²) in [5.41, 5.74) is 2.30. The lowest BCUT2D eigenvalue weighted by Gasteiger charge is -2.15. The molecule has 0 saturated carbocycles. The molecule has 0 spiro atoms. The number of carbonyl (C=O) groups excluding carboxylic acids is 2. The van der Waals surface area contributed by atoms with Crippen LogP contribution in [-0.2, 0) is 4.79 Å². The molecule has 1 unspecified atom stereocenters. The molecule has 0 heterocycles. The minimum absolute atomic E-state index is 0.133. The van der Waals surface area contributed by atoms with Gasteiger partial charge in [0.1, 0.15) is 5.75 Å². The first-order valence-corrected chi connectivity index (χ1v) is 7.92. The van der Waals surface area contributed by atoms with Crippen molar-refractivity contribution >= 4 is 17.5 Å². The molecule has 0 radical (unpaired) electrons. The van der Waals surface area contributed by atoms with Gasteiger partial charge in [-0.3, -0.25) is 9.59 Å². The van der Waals surface area contributed by atoms with E-state index in [0.717, 1.165) is 5.56 Å². The van der Waals surface area contributed by atoms with Crippen LogP contribution in [-0.4, -0.2) is 24.5 Å². The molecule has 0 bridgehead atoms. The molecular weight excluding hydrogens is 304 g/mol. The molecule has 0 aliphatic carbocycles. The first-order valence-electron chi connectivity index (χ1n) is 7.92. The quantitative estimate of drug-likeness (QED) is 0.857. The zero-order valence-corrected chi connectivity index (χ0v) is 14.1. The van der Waals surface area contributed by atoms with Crippen LogP contribution in [0.1, 0.15) is 29.8 Å². The molecule has 1 atom stereocenters. The van der Waals surface area contributed by atoms with Gasteiger partial charge in [-0.2, -0.15) is 0 Å². The molecule has 24 heavy (non-hydrogen) atoms. The van der Waals surface area contributed by atoms with Crippen molar-refractivity contribution in [3.8, 4) is 5.75 Å².